The average molecular weight is 443 g/mol. The van der Waals surface area contributed by atoms with Crippen molar-refractivity contribution in [3.8, 4) is 5.69 Å². The molecule has 152 valence electrons. The number of fused-ring (bicyclic) bond motifs is 1. The monoisotopic (exact) mass is 442 g/mol. The van der Waals surface area contributed by atoms with Gasteiger partial charge in [0.05, 0.1) is 10.6 Å². The Morgan fingerprint density at radius 1 is 1.03 bits per heavy atom. The van der Waals surface area contributed by atoms with Gasteiger partial charge in [-0.1, -0.05) is 17.7 Å². The number of benzene rings is 2. The van der Waals surface area contributed by atoms with Gasteiger partial charge in [-0.3, -0.25) is 14.2 Å². The van der Waals surface area contributed by atoms with Gasteiger partial charge in [-0.05, 0) is 54.6 Å². The molecule has 0 saturated heterocycles. The summed E-state index contributed by atoms with van der Waals surface area (Å²) in [6.45, 7) is 0. The number of pyridine rings is 1. The van der Waals surface area contributed by atoms with E-state index in [4.69, 9.17) is 16.7 Å². The number of halogens is 1. The first kappa shape index (κ1) is 19.9. The van der Waals surface area contributed by atoms with Crippen LogP contribution in [0.15, 0.2) is 76.4 Å². The SMILES string of the molecule is NS(=O)(=O)c1cccc(NC(=O)c2cc3ccc(=O)n(-c4ccc(Cl)cc4)c3[nH]2)c1. The van der Waals surface area contributed by atoms with Gasteiger partial charge in [0, 0.05) is 22.2 Å². The van der Waals surface area contributed by atoms with E-state index in [-0.39, 0.29) is 21.8 Å². The molecule has 8 nitrogen and oxygen atoms in total. The van der Waals surface area contributed by atoms with Gasteiger partial charge in [-0.2, -0.15) is 0 Å². The Kier molecular flexibility index (Phi) is 4.94. The third kappa shape index (κ3) is 3.86. The molecule has 0 spiro atoms. The molecule has 2 aromatic heterocycles. The average Bonchev–Trinajstić information content (AvgIpc) is 3.13. The molecule has 4 N–H and O–H groups in total. The van der Waals surface area contributed by atoms with Crippen LogP contribution < -0.4 is 16.0 Å². The molecule has 0 unspecified atom stereocenters. The normalized spacial score (nSPS) is 11.5. The highest BCUT2D eigenvalue weighted by molar-refractivity contribution is 7.89. The van der Waals surface area contributed by atoms with E-state index in [1.165, 1.54) is 28.8 Å². The Bertz CT molecular complexity index is 1440. The van der Waals surface area contributed by atoms with Gasteiger partial charge in [-0.15, -0.1) is 0 Å². The van der Waals surface area contributed by atoms with Crippen LogP contribution in [0.4, 0.5) is 5.69 Å². The molecule has 4 rings (SSSR count). The third-order valence-electron chi connectivity index (χ3n) is 4.43. The summed E-state index contributed by atoms with van der Waals surface area (Å²) >= 11 is 5.93. The fourth-order valence-corrected chi connectivity index (χ4v) is 3.72. The van der Waals surface area contributed by atoms with Crippen LogP contribution in [0, 0.1) is 0 Å². The Labute approximate surface area is 176 Å². The van der Waals surface area contributed by atoms with Crippen LogP contribution in [0.2, 0.25) is 5.02 Å². The van der Waals surface area contributed by atoms with Crippen molar-refractivity contribution < 1.29 is 13.2 Å². The highest BCUT2D eigenvalue weighted by atomic mass is 35.5. The van der Waals surface area contributed by atoms with Crippen LogP contribution in [-0.2, 0) is 10.0 Å². The number of rotatable bonds is 4. The summed E-state index contributed by atoms with van der Waals surface area (Å²) in [5, 5.41) is 8.93. The summed E-state index contributed by atoms with van der Waals surface area (Å²) in [5.41, 5.74) is 1.21. The second-order valence-corrected chi connectivity index (χ2v) is 8.50. The fraction of sp³-hybridized carbons (Fsp3) is 0. The van der Waals surface area contributed by atoms with E-state index in [2.05, 4.69) is 10.3 Å². The van der Waals surface area contributed by atoms with Gasteiger partial charge in [-0.25, -0.2) is 13.6 Å². The first-order chi connectivity index (χ1) is 14.2. The zero-order valence-corrected chi connectivity index (χ0v) is 16.9. The number of amides is 1. The first-order valence-corrected chi connectivity index (χ1v) is 10.6. The van der Waals surface area contributed by atoms with Crippen molar-refractivity contribution in [2.75, 3.05) is 5.32 Å². The molecule has 30 heavy (non-hydrogen) atoms. The van der Waals surface area contributed by atoms with Crippen LogP contribution in [0.5, 0.6) is 0 Å². The Morgan fingerprint density at radius 2 is 1.77 bits per heavy atom. The molecule has 0 atom stereocenters. The van der Waals surface area contributed by atoms with Crippen LogP contribution in [-0.4, -0.2) is 23.9 Å². The number of aromatic nitrogens is 2. The topological polar surface area (TPSA) is 127 Å². The van der Waals surface area contributed by atoms with Gasteiger partial charge in [0.2, 0.25) is 10.0 Å². The number of hydrogen-bond acceptors (Lipinski definition) is 4. The number of H-pyrrole nitrogens is 1. The number of nitrogens with two attached hydrogens (primary N) is 1. The first-order valence-electron chi connectivity index (χ1n) is 8.67. The van der Waals surface area contributed by atoms with E-state index >= 15 is 0 Å². The molecule has 0 saturated carbocycles. The lowest BCUT2D eigenvalue weighted by Gasteiger charge is -2.07. The Morgan fingerprint density at radius 3 is 2.47 bits per heavy atom. The number of nitrogens with zero attached hydrogens (tertiary/aromatic N) is 1. The molecular weight excluding hydrogens is 428 g/mol. The maximum absolute atomic E-state index is 12.7. The molecule has 0 aliphatic heterocycles. The lowest BCUT2D eigenvalue weighted by Crippen LogP contribution is -2.17. The van der Waals surface area contributed by atoms with Crippen LogP contribution in [0.3, 0.4) is 0 Å². The summed E-state index contributed by atoms with van der Waals surface area (Å²) in [6, 6.07) is 16.9. The fourth-order valence-electron chi connectivity index (χ4n) is 3.04. The lowest BCUT2D eigenvalue weighted by atomic mass is 10.2. The molecular formula is C20H15ClN4O4S. The van der Waals surface area contributed by atoms with Crippen molar-refractivity contribution in [3.63, 3.8) is 0 Å². The molecule has 2 aromatic carbocycles. The van der Waals surface area contributed by atoms with Crippen molar-refractivity contribution in [1.29, 1.82) is 0 Å². The number of sulfonamides is 1. The van der Waals surface area contributed by atoms with Crippen molar-refractivity contribution in [2.45, 2.75) is 4.90 Å². The second-order valence-electron chi connectivity index (χ2n) is 6.50. The van der Waals surface area contributed by atoms with Crippen molar-refractivity contribution >= 4 is 44.3 Å². The molecule has 0 aliphatic rings. The summed E-state index contributed by atoms with van der Waals surface area (Å²) < 4.78 is 24.4. The molecule has 1 amide bonds. The number of primary sulfonamides is 1. The third-order valence-corrected chi connectivity index (χ3v) is 5.59. The van der Waals surface area contributed by atoms with Gasteiger partial charge < -0.3 is 10.3 Å². The van der Waals surface area contributed by atoms with Gasteiger partial charge in [0.1, 0.15) is 11.3 Å². The number of anilines is 1. The van der Waals surface area contributed by atoms with Crippen LogP contribution in [0.25, 0.3) is 16.7 Å². The smallest absolute Gasteiger partial charge is 0.272 e. The summed E-state index contributed by atoms with van der Waals surface area (Å²) in [4.78, 5) is 28.0. The largest absolute Gasteiger partial charge is 0.336 e. The van der Waals surface area contributed by atoms with E-state index in [1.807, 2.05) is 0 Å². The van der Waals surface area contributed by atoms with E-state index in [9.17, 15) is 18.0 Å². The van der Waals surface area contributed by atoms with Crippen molar-refractivity contribution in [2.24, 2.45) is 5.14 Å². The molecule has 10 heteroatoms. The van der Waals surface area contributed by atoms with E-state index in [1.54, 1.807) is 42.5 Å². The zero-order valence-electron chi connectivity index (χ0n) is 15.3. The zero-order chi connectivity index (χ0) is 21.5. The predicted molar refractivity (Wildman–Crippen MR) is 115 cm³/mol. The molecule has 0 fully saturated rings. The minimum atomic E-state index is -3.90. The minimum absolute atomic E-state index is 0.117. The van der Waals surface area contributed by atoms with Gasteiger partial charge >= 0.3 is 0 Å². The number of aromatic amines is 1. The van der Waals surface area contributed by atoms with E-state index < -0.39 is 15.9 Å². The standard InChI is InChI=1S/C20H15ClN4O4S/c21-13-5-7-15(8-6-13)25-18(26)9-4-12-10-17(24-19(12)25)20(27)23-14-2-1-3-16(11-14)30(22,28)29/h1-11,24H,(H,23,27)(H2,22,28,29). The number of carbonyl (C=O) groups excluding carboxylic acids is 1. The minimum Gasteiger partial charge on any atom is -0.336 e. The number of carbonyl (C=O) groups is 1. The molecule has 0 aliphatic carbocycles. The molecule has 2 heterocycles. The Balaban J connectivity index is 1.72. The molecule has 0 radical (unpaired) electrons. The van der Waals surface area contributed by atoms with Gasteiger partial charge in [0.15, 0.2) is 0 Å². The summed E-state index contributed by atoms with van der Waals surface area (Å²) in [7, 11) is -3.90. The van der Waals surface area contributed by atoms with E-state index in [0.29, 0.717) is 21.7 Å². The summed E-state index contributed by atoms with van der Waals surface area (Å²) in [6.07, 6.45) is 0. The molecule has 4 aromatic rings. The maximum atomic E-state index is 12.7. The maximum Gasteiger partial charge on any atom is 0.272 e. The van der Waals surface area contributed by atoms with Gasteiger partial charge in [0.25, 0.3) is 11.5 Å². The van der Waals surface area contributed by atoms with Crippen LogP contribution in [0.1, 0.15) is 10.5 Å². The predicted octanol–water partition coefficient (Wildman–Crippen LogP) is 2.87. The van der Waals surface area contributed by atoms with Crippen molar-refractivity contribution in [1.82, 2.24) is 9.55 Å². The van der Waals surface area contributed by atoms with E-state index in [0.717, 1.165) is 0 Å². The quantitative estimate of drug-likeness (QED) is 0.449. The molecule has 0 bridgehead atoms. The van der Waals surface area contributed by atoms with Crippen molar-refractivity contribution in [3.05, 3.63) is 87.8 Å². The highest BCUT2D eigenvalue weighted by Gasteiger charge is 2.15. The number of nitrogens with one attached hydrogen (secondary N) is 2. The lowest BCUT2D eigenvalue weighted by molar-refractivity contribution is 0.102. The summed E-state index contributed by atoms with van der Waals surface area (Å²) in [5.74, 6) is -0.507. The van der Waals surface area contributed by atoms with Crippen LogP contribution >= 0.6 is 11.6 Å². The Hall–Kier alpha value is -3.40. The second kappa shape index (κ2) is 7.45. The number of hydrogen-bond donors (Lipinski definition) is 3. The highest BCUT2D eigenvalue weighted by Crippen LogP contribution is 2.20.